The molecule has 2 saturated heterocycles. The van der Waals surface area contributed by atoms with Crippen LogP contribution in [0.3, 0.4) is 0 Å². The number of hydrogen-bond acceptors (Lipinski definition) is 5. The van der Waals surface area contributed by atoms with Crippen molar-refractivity contribution in [1.29, 1.82) is 0 Å². The van der Waals surface area contributed by atoms with Gasteiger partial charge in [-0.05, 0) is 79.3 Å². The van der Waals surface area contributed by atoms with Gasteiger partial charge in [-0.25, -0.2) is 4.39 Å². The number of carbonyl (C=O) groups is 4. The van der Waals surface area contributed by atoms with Crippen molar-refractivity contribution < 1.29 is 41.5 Å². The van der Waals surface area contributed by atoms with Crippen LogP contribution < -0.4 is 10.1 Å². The van der Waals surface area contributed by atoms with E-state index in [2.05, 4.69) is 5.32 Å². The van der Waals surface area contributed by atoms with Crippen molar-refractivity contribution in [2.75, 3.05) is 45.9 Å². The van der Waals surface area contributed by atoms with E-state index in [0.717, 1.165) is 18.2 Å². The van der Waals surface area contributed by atoms with Gasteiger partial charge in [-0.2, -0.15) is 13.2 Å². The van der Waals surface area contributed by atoms with Crippen molar-refractivity contribution in [3.05, 3.63) is 101 Å². The van der Waals surface area contributed by atoms with Crippen LogP contribution in [0.2, 0.25) is 0 Å². The summed E-state index contributed by atoms with van der Waals surface area (Å²) in [4.78, 5) is 59.0. The van der Waals surface area contributed by atoms with Crippen LogP contribution in [0, 0.1) is 17.7 Å². The van der Waals surface area contributed by atoms with E-state index < -0.39 is 29.5 Å². The van der Waals surface area contributed by atoms with E-state index in [-0.39, 0.29) is 86.6 Å². The lowest BCUT2D eigenvalue weighted by molar-refractivity contribution is -0.139. The van der Waals surface area contributed by atoms with Gasteiger partial charge in [0.05, 0.1) is 17.2 Å². The highest BCUT2D eigenvalue weighted by molar-refractivity contribution is 5.97. The Morgan fingerprint density at radius 2 is 1.49 bits per heavy atom. The number of fused-ring (bicyclic) bond motifs is 3. The number of nitrogens with one attached hydrogen (secondary N) is 1. The first-order chi connectivity index (χ1) is 23.5. The molecule has 258 valence electrons. The third kappa shape index (κ3) is 7.71. The average molecular weight is 681 g/mol. The Bertz CT molecular complexity index is 1700. The monoisotopic (exact) mass is 680 g/mol. The van der Waals surface area contributed by atoms with E-state index in [1.165, 1.54) is 24.3 Å². The molecule has 4 amide bonds. The molecule has 0 saturated carbocycles. The number of hydrogen-bond donors (Lipinski definition) is 1. The molecule has 3 aromatic rings. The van der Waals surface area contributed by atoms with E-state index in [1.807, 2.05) is 0 Å². The Balaban J connectivity index is 1.28. The molecule has 0 unspecified atom stereocenters. The summed E-state index contributed by atoms with van der Waals surface area (Å²) < 4.78 is 60.5. The van der Waals surface area contributed by atoms with Crippen molar-refractivity contribution >= 4 is 23.6 Å². The average Bonchev–Trinajstić information content (AvgIpc) is 3.10. The molecule has 1 N–H and O–H groups in total. The molecule has 9 nitrogen and oxygen atoms in total. The third-order valence-electron chi connectivity index (χ3n) is 9.60. The minimum atomic E-state index is -4.70. The molecular weight excluding hydrogens is 644 g/mol. The van der Waals surface area contributed by atoms with Crippen molar-refractivity contribution in [3.8, 4) is 5.75 Å². The first-order valence-corrected chi connectivity index (χ1v) is 16.3. The van der Waals surface area contributed by atoms with E-state index in [4.69, 9.17) is 4.74 Å². The fourth-order valence-electron chi connectivity index (χ4n) is 6.91. The Kier molecular flexibility index (Phi) is 9.89. The standard InChI is InChI=1S/C36H36F4N4O5/c37-28-9-6-24(7-10-28)35(48)42-15-13-25-18-32(45)44-17-16-43(34(47)23-4-2-1-3-5-23)21-29(44)22-49-31-11-8-27(36(38,39)40)19-30(31)33(46)41-14-12-26(25)20-42/h1-11,19,25-26,29H,12-18,20-22H2,(H,41,46)/t25-,26-,29-/m0/s1. The van der Waals surface area contributed by atoms with Crippen LogP contribution in [0.4, 0.5) is 17.6 Å². The first-order valence-electron chi connectivity index (χ1n) is 16.3. The summed E-state index contributed by atoms with van der Waals surface area (Å²) in [6, 6.07) is 16.0. The largest absolute Gasteiger partial charge is 0.491 e. The number of benzene rings is 3. The van der Waals surface area contributed by atoms with Crippen LogP contribution in [0.1, 0.15) is 55.9 Å². The SMILES string of the molecule is O=C1NCC[C@H]2CN(C(=O)c3ccc(F)cc3)CC[C@H]2CC(=O)N2CCN(C(=O)c3ccccc3)C[C@H]2COc2ccc(C(F)(F)F)cc21. The van der Waals surface area contributed by atoms with Gasteiger partial charge in [-0.3, -0.25) is 19.2 Å². The lowest BCUT2D eigenvalue weighted by Crippen LogP contribution is -2.59. The molecule has 49 heavy (non-hydrogen) atoms. The van der Waals surface area contributed by atoms with Crippen LogP contribution in [-0.4, -0.2) is 90.2 Å². The summed E-state index contributed by atoms with van der Waals surface area (Å²) in [7, 11) is 0. The van der Waals surface area contributed by atoms with Crippen molar-refractivity contribution in [2.45, 2.75) is 31.5 Å². The lowest BCUT2D eigenvalue weighted by Gasteiger charge is -2.43. The fraction of sp³-hybridized carbons (Fsp3) is 0.389. The predicted molar refractivity (Wildman–Crippen MR) is 170 cm³/mol. The molecule has 3 heterocycles. The number of amides is 4. The number of piperidine rings is 1. The number of likely N-dealkylation sites (tertiary alicyclic amines) is 1. The van der Waals surface area contributed by atoms with Gasteiger partial charge >= 0.3 is 6.18 Å². The number of nitrogens with zero attached hydrogens (tertiary/aromatic N) is 3. The maximum absolute atomic E-state index is 14.0. The Morgan fingerprint density at radius 3 is 2.20 bits per heavy atom. The minimum absolute atomic E-state index is 0.0759. The highest BCUT2D eigenvalue weighted by Gasteiger charge is 2.39. The topological polar surface area (TPSA) is 99.3 Å². The number of alkyl halides is 3. The predicted octanol–water partition coefficient (Wildman–Crippen LogP) is 4.88. The zero-order valence-corrected chi connectivity index (χ0v) is 26.6. The van der Waals surface area contributed by atoms with Gasteiger partial charge in [-0.15, -0.1) is 0 Å². The molecule has 3 atom stereocenters. The second-order valence-corrected chi connectivity index (χ2v) is 12.7. The van der Waals surface area contributed by atoms with E-state index in [0.29, 0.717) is 30.5 Å². The van der Waals surface area contributed by atoms with Gasteiger partial charge in [-0.1, -0.05) is 18.2 Å². The van der Waals surface area contributed by atoms with Crippen molar-refractivity contribution in [2.24, 2.45) is 11.8 Å². The summed E-state index contributed by atoms with van der Waals surface area (Å²) in [5, 5.41) is 2.71. The maximum atomic E-state index is 14.0. The van der Waals surface area contributed by atoms with Gasteiger partial charge in [0, 0.05) is 56.8 Å². The van der Waals surface area contributed by atoms with Gasteiger partial charge < -0.3 is 24.8 Å². The number of piperazine rings is 1. The number of rotatable bonds is 2. The minimum Gasteiger partial charge on any atom is -0.491 e. The third-order valence-corrected chi connectivity index (χ3v) is 9.60. The van der Waals surface area contributed by atoms with Crippen LogP contribution in [0.15, 0.2) is 72.8 Å². The van der Waals surface area contributed by atoms with E-state index in [1.54, 1.807) is 45.0 Å². The van der Waals surface area contributed by atoms with E-state index >= 15 is 0 Å². The number of halogens is 4. The van der Waals surface area contributed by atoms with Gasteiger partial charge in [0.2, 0.25) is 5.91 Å². The zero-order valence-electron chi connectivity index (χ0n) is 26.6. The normalized spacial score (nSPS) is 22.1. The second kappa shape index (κ2) is 14.3. The molecule has 0 bridgehead atoms. The summed E-state index contributed by atoms with van der Waals surface area (Å²) >= 11 is 0. The summed E-state index contributed by atoms with van der Waals surface area (Å²) in [6.07, 6.45) is -3.67. The van der Waals surface area contributed by atoms with Crippen LogP contribution in [0.25, 0.3) is 0 Å². The maximum Gasteiger partial charge on any atom is 0.416 e. The fourth-order valence-corrected chi connectivity index (χ4v) is 6.91. The Labute approximate surface area is 280 Å². The molecule has 3 aliphatic heterocycles. The van der Waals surface area contributed by atoms with Gasteiger partial charge in [0.15, 0.2) is 0 Å². The number of ether oxygens (including phenoxy) is 1. The molecule has 3 aromatic carbocycles. The molecule has 0 radical (unpaired) electrons. The summed E-state index contributed by atoms with van der Waals surface area (Å²) in [5.74, 6) is -2.31. The quantitative estimate of drug-likeness (QED) is 0.390. The van der Waals surface area contributed by atoms with Crippen LogP contribution >= 0.6 is 0 Å². The molecule has 13 heteroatoms. The highest BCUT2D eigenvalue weighted by Crippen LogP contribution is 2.34. The van der Waals surface area contributed by atoms with Crippen molar-refractivity contribution in [3.63, 3.8) is 0 Å². The highest BCUT2D eigenvalue weighted by atomic mass is 19.4. The Hall–Kier alpha value is -4.94. The molecule has 0 aliphatic carbocycles. The first kappa shape index (κ1) is 33.9. The molecular formula is C36H36F4N4O5. The molecule has 3 aliphatic rings. The van der Waals surface area contributed by atoms with Gasteiger partial charge in [0.1, 0.15) is 18.2 Å². The second-order valence-electron chi connectivity index (χ2n) is 12.7. The number of carbonyl (C=O) groups excluding carboxylic acids is 4. The van der Waals surface area contributed by atoms with Crippen LogP contribution in [0.5, 0.6) is 5.75 Å². The molecule has 2 fully saturated rings. The zero-order chi connectivity index (χ0) is 34.7. The summed E-state index contributed by atoms with van der Waals surface area (Å²) in [5.41, 5.74) is -0.503. The summed E-state index contributed by atoms with van der Waals surface area (Å²) in [6.45, 7) is 1.20. The van der Waals surface area contributed by atoms with Crippen molar-refractivity contribution in [1.82, 2.24) is 20.0 Å². The van der Waals surface area contributed by atoms with Crippen LogP contribution in [-0.2, 0) is 11.0 Å². The van der Waals surface area contributed by atoms with Gasteiger partial charge in [0.25, 0.3) is 17.7 Å². The Morgan fingerprint density at radius 1 is 0.796 bits per heavy atom. The molecule has 0 spiro atoms. The smallest absolute Gasteiger partial charge is 0.416 e. The lowest BCUT2D eigenvalue weighted by atomic mass is 9.80. The van der Waals surface area contributed by atoms with E-state index in [9.17, 15) is 36.7 Å². The molecule has 0 aromatic heterocycles. The molecule has 6 rings (SSSR count).